The summed E-state index contributed by atoms with van der Waals surface area (Å²) < 4.78 is 5.30. The Morgan fingerprint density at radius 1 is 1.36 bits per heavy atom. The molecule has 14 heavy (non-hydrogen) atoms. The van der Waals surface area contributed by atoms with Gasteiger partial charge >= 0.3 is 5.97 Å². The molecule has 0 spiro atoms. The first-order valence-corrected chi connectivity index (χ1v) is 4.49. The Labute approximate surface area is 83.9 Å². The Kier molecular flexibility index (Phi) is 5.15. The average Bonchev–Trinajstić information content (AvgIpc) is 2.00. The molecule has 0 bridgehead atoms. The number of ether oxygens (including phenoxy) is 1. The standard InChI is InChI=1S/C9H17NO4/c1-8(11)14-7-10(2,3)6-4-5-9(12)13/h4-7H2,1-3H3. The molecule has 0 unspecified atom stereocenters. The molecule has 0 fully saturated rings. The number of esters is 1. The van der Waals surface area contributed by atoms with Gasteiger partial charge in [-0.1, -0.05) is 0 Å². The molecule has 0 aromatic carbocycles. The summed E-state index contributed by atoms with van der Waals surface area (Å²) in [5, 5.41) is 10.1. The smallest absolute Gasteiger partial charge is 0.306 e. The summed E-state index contributed by atoms with van der Waals surface area (Å²) >= 11 is 0. The van der Waals surface area contributed by atoms with Crippen LogP contribution in [0, 0.1) is 0 Å². The van der Waals surface area contributed by atoms with E-state index in [9.17, 15) is 14.7 Å². The number of aliphatic carboxylic acids is 1. The van der Waals surface area contributed by atoms with Crippen molar-refractivity contribution < 1.29 is 23.9 Å². The van der Waals surface area contributed by atoms with Gasteiger partial charge in [-0.15, -0.1) is 0 Å². The minimum atomic E-state index is -1.04. The molecule has 0 amide bonds. The second-order valence-electron chi connectivity index (χ2n) is 3.90. The predicted octanol–water partition coefficient (Wildman–Crippen LogP) is -0.886. The third kappa shape index (κ3) is 7.54. The van der Waals surface area contributed by atoms with Crippen LogP contribution in [-0.2, 0) is 14.3 Å². The molecule has 0 radical (unpaired) electrons. The first-order valence-electron chi connectivity index (χ1n) is 4.49. The molecule has 0 aliphatic rings. The fraction of sp³-hybridized carbons (Fsp3) is 0.778. The van der Waals surface area contributed by atoms with Crippen molar-refractivity contribution in [2.24, 2.45) is 0 Å². The summed E-state index contributed by atoms with van der Waals surface area (Å²) in [7, 11) is 3.75. The SMILES string of the molecule is CC(=O)OC[N+](C)(C)CCCC(=O)[O-]. The summed E-state index contributed by atoms with van der Waals surface area (Å²) in [6, 6.07) is 0. The maximum Gasteiger partial charge on any atom is 0.306 e. The summed E-state index contributed by atoms with van der Waals surface area (Å²) in [5.41, 5.74) is 0. The lowest BCUT2D eigenvalue weighted by Crippen LogP contribution is -2.43. The number of carbonyl (C=O) groups is 2. The highest BCUT2D eigenvalue weighted by Crippen LogP contribution is 2.01. The Morgan fingerprint density at radius 3 is 2.36 bits per heavy atom. The number of hydrogen-bond acceptors (Lipinski definition) is 4. The number of quaternary nitrogens is 1. The minimum absolute atomic E-state index is 0.0434. The van der Waals surface area contributed by atoms with Crippen LogP contribution in [0.2, 0.25) is 0 Å². The monoisotopic (exact) mass is 203 g/mol. The number of carbonyl (C=O) groups excluding carboxylic acids is 2. The lowest BCUT2D eigenvalue weighted by molar-refractivity contribution is -0.907. The van der Waals surface area contributed by atoms with E-state index in [1.165, 1.54) is 6.92 Å². The Morgan fingerprint density at radius 2 is 1.93 bits per heavy atom. The first-order chi connectivity index (χ1) is 6.33. The summed E-state index contributed by atoms with van der Waals surface area (Å²) in [5.74, 6) is -1.37. The molecule has 0 saturated heterocycles. The molecule has 0 aliphatic carbocycles. The van der Waals surface area contributed by atoms with E-state index in [-0.39, 0.29) is 19.1 Å². The van der Waals surface area contributed by atoms with Crippen LogP contribution < -0.4 is 5.11 Å². The minimum Gasteiger partial charge on any atom is -0.550 e. The number of carboxylic acids is 1. The zero-order valence-electron chi connectivity index (χ0n) is 8.91. The second kappa shape index (κ2) is 5.59. The molecule has 0 N–H and O–H groups in total. The van der Waals surface area contributed by atoms with Gasteiger partial charge in [-0.25, -0.2) is 0 Å². The highest BCUT2D eigenvalue weighted by atomic mass is 16.5. The van der Waals surface area contributed by atoms with E-state index >= 15 is 0 Å². The summed E-state index contributed by atoms with van der Waals surface area (Å²) in [6.45, 7) is 2.25. The lowest BCUT2D eigenvalue weighted by atomic mass is 10.3. The van der Waals surface area contributed by atoms with Gasteiger partial charge in [0.1, 0.15) is 0 Å². The molecular formula is C9H17NO4. The van der Waals surface area contributed by atoms with Crippen molar-refractivity contribution in [2.45, 2.75) is 19.8 Å². The normalized spacial score (nSPS) is 11.1. The number of rotatable bonds is 6. The number of nitrogens with zero attached hydrogens (tertiary/aromatic N) is 1. The quantitative estimate of drug-likeness (QED) is 0.319. The third-order valence-electron chi connectivity index (χ3n) is 1.76. The predicted molar refractivity (Wildman–Crippen MR) is 47.8 cm³/mol. The van der Waals surface area contributed by atoms with Crippen molar-refractivity contribution in [1.82, 2.24) is 0 Å². The van der Waals surface area contributed by atoms with E-state index in [1.807, 2.05) is 14.1 Å². The molecule has 82 valence electrons. The molecule has 0 aromatic heterocycles. The molecule has 0 heterocycles. The first kappa shape index (κ1) is 12.9. The van der Waals surface area contributed by atoms with Crippen LogP contribution in [0.25, 0.3) is 0 Å². The maximum absolute atomic E-state index is 10.5. The van der Waals surface area contributed by atoms with Gasteiger partial charge in [0.05, 0.1) is 20.6 Å². The summed E-state index contributed by atoms with van der Waals surface area (Å²) in [6.07, 6.45) is 0.568. The Bertz CT molecular complexity index is 213. The highest BCUT2D eigenvalue weighted by molar-refractivity contribution is 5.65. The average molecular weight is 203 g/mol. The van der Waals surface area contributed by atoms with Gasteiger partial charge in [0.15, 0.2) is 0 Å². The van der Waals surface area contributed by atoms with Gasteiger partial charge in [0.2, 0.25) is 6.73 Å². The second-order valence-corrected chi connectivity index (χ2v) is 3.90. The fourth-order valence-electron chi connectivity index (χ4n) is 0.982. The Balaban J connectivity index is 3.71. The van der Waals surface area contributed by atoms with Gasteiger partial charge in [-0.2, -0.15) is 0 Å². The van der Waals surface area contributed by atoms with Crippen LogP contribution in [0.4, 0.5) is 0 Å². The van der Waals surface area contributed by atoms with E-state index in [4.69, 9.17) is 4.74 Å². The zero-order valence-corrected chi connectivity index (χ0v) is 8.91. The van der Waals surface area contributed by atoms with Crippen molar-refractivity contribution in [3.8, 4) is 0 Å². The van der Waals surface area contributed by atoms with Gasteiger partial charge in [0.25, 0.3) is 0 Å². The molecule has 5 heteroatoms. The van der Waals surface area contributed by atoms with Gasteiger partial charge in [0, 0.05) is 19.3 Å². The van der Waals surface area contributed by atoms with Crippen LogP contribution in [0.1, 0.15) is 19.8 Å². The molecule has 0 rings (SSSR count). The van der Waals surface area contributed by atoms with Crippen LogP contribution >= 0.6 is 0 Å². The van der Waals surface area contributed by atoms with Crippen LogP contribution in [0.15, 0.2) is 0 Å². The maximum atomic E-state index is 10.5. The number of carboxylic acid groups (broad SMARTS) is 1. The summed E-state index contributed by atoms with van der Waals surface area (Å²) in [4.78, 5) is 20.7. The van der Waals surface area contributed by atoms with Crippen molar-refractivity contribution in [2.75, 3.05) is 27.4 Å². The van der Waals surface area contributed by atoms with Gasteiger partial charge < -0.3 is 14.6 Å². The van der Waals surface area contributed by atoms with Crippen LogP contribution in [-0.4, -0.2) is 43.8 Å². The van der Waals surface area contributed by atoms with Crippen LogP contribution in [0.5, 0.6) is 0 Å². The van der Waals surface area contributed by atoms with Gasteiger partial charge in [-0.05, 0) is 6.42 Å². The molecule has 0 aliphatic heterocycles. The molecule has 0 saturated carbocycles. The van der Waals surface area contributed by atoms with E-state index < -0.39 is 5.97 Å². The van der Waals surface area contributed by atoms with Crippen molar-refractivity contribution in [1.29, 1.82) is 0 Å². The van der Waals surface area contributed by atoms with E-state index in [1.54, 1.807) is 0 Å². The molecule has 0 atom stereocenters. The highest BCUT2D eigenvalue weighted by Gasteiger charge is 2.15. The largest absolute Gasteiger partial charge is 0.550 e. The molecule has 0 aromatic rings. The molecule has 5 nitrogen and oxygen atoms in total. The van der Waals surface area contributed by atoms with Gasteiger partial charge in [-0.3, -0.25) is 9.28 Å². The van der Waals surface area contributed by atoms with Crippen molar-refractivity contribution in [3.05, 3.63) is 0 Å². The topological polar surface area (TPSA) is 66.4 Å². The zero-order chi connectivity index (χ0) is 11.2. The Hall–Kier alpha value is -1.10. The lowest BCUT2D eigenvalue weighted by Gasteiger charge is -2.28. The van der Waals surface area contributed by atoms with E-state index in [2.05, 4.69) is 0 Å². The molecular weight excluding hydrogens is 186 g/mol. The van der Waals surface area contributed by atoms with E-state index in [0.29, 0.717) is 17.4 Å². The van der Waals surface area contributed by atoms with Crippen molar-refractivity contribution in [3.63, 3.8) is 0 Å². The van der Waals surface area contributed by atoms with Crippen molar-refractivity contribution >= 4 is 11.9 Å². The number of hydrogen-bond donors (Lipinski definition) is 0. The van der Waals surface area contributed by atoms with Crippen LogP contribution in [0.3, 0.4) is 0 Å². The van der Waals surface area contributed by atoms with E-state index in [0.717, 1.165) is 0 Å². The fourth-order valence-corrected chi connectivity index (χ4v) is 0.982. The third-order valence-corrected chi connectivity index (χ3v) is 1.76.